The van der Waals surface area contributed by atoms with Gasteiger partial charge in [0.2, 0.25) is 9.84 Å². The number of rotatable bonds is 7. The number of aromatic nitrogens is 3. The van der Waals surface area contributed by atoms with Crippen LogP contribution >= 0.6 is 11.6 Å². The number of unbranched alkanes of at least 4 members (excludes halogenated alkanes) is 3. The van der Waals surface area contributed by atoms with Gasteiger partial charge in [-0.15, -0.1) is 0 Å². The molecule has 0 bridgehead atoms. The SMILES string of the molecule is CCCCCCn1c(=N)c(S(=O)(=O)c2ccc(Cl)cc2)cc2c(=O)n3ccccc3nc21. The Hall–Kier alpha value is -2.97. The number of sulfone groups is 1. The number of fused-ring (bicyclic) bond motifs is 2. The molecule has 4 aromatic rings. The molecule has 32 heavy (non-hydrogen) atoms. The highest BCUT2D eigenvalue weighted by molar-refractivity contribution is 7.91. The Bertz CT molecular complexity index is 1520. The molecule has 0 aliphatic heterocycles. The van der Waals surface area contributed by atoms with Crippen molar-refractivity contribution in [1.29, 1.82) is 5.41 Å². The average Bonchev–Trinajstić information content (AvgIpc) is 2.78. The molecule has 4 rings (SSSR count). The van der Waals surface area contributed by atoms with E-state index in [1.165, 1.54) is 34.7 Å². The molecule has 0 amide bonds. The van der Waals surface area contributed by atoms with E-state index in [0.29, 0.717) is 22.9 Å². The molecule has 0 spiro atoms. The van der Waals surface area contributed by atoms with Crippen LogP contribution in [0.3, 0.4) is 0 Å². The molecule has 0 radical (unpaired) electrons. The Kier molecular flexibility index (Phi) is 6.17. The zero-order valence-corrected chi connectivity index (χ0v) is 19.2. The van der Waals surface area contributed by atoms with Gasteiger partial charge < -0.3 is 4.57 Å². The van der Waals surface area contributed by atoms with Gasteiger partial charge in [-0.25, -0.2) is 13.4 Å². The summed E-state index contributed by atoms with van der Waals surface area (Å²) in [6, 6.07) is 12.3. The van der Waals surface area contributed by atoms with Crippen LogP contribution in [0.15, 0.2) is 69.3 Å². The minimum atomic E-state index is -4.05. The minimum Gasteiger partial charge on any atom is -0.310 e. The van der Waals surface area contributed by atoms with Crippen molar-refractivity contribution in [3.63, 3.8) is 0 Å². The normalized spacial score (nSPS) is 11.9. The van der Waals surface area contributed by atoms with Gasteiger partial charge in [0.15, 0.2) is 0 Å². The third-order valence-corrected chi connectivity index (χ3v) is 7.47. The third-order valence-electron chi connectivity index (χ3n) is 5.43. The maximum absolute atomic E-state index is 13.4. The van der Waals surface area contributed by atoms with Gasteiger partial charge in [-0.1, -0.05) is 43.9 Å². The van der Waals surface area contributed by atoms with Gasteiger partial charge in [-0.3, -0.25) is 14.6 Å². The van der Waals surface area contributed by atoms with Crippen LogP contribution in [0.2, 0.25) is 5.02 Å². The van der Waals surface area contributed by atoms with E-state index in [-0.39, 0.29) is 26.2 Å². The van der Waals surface area contributed by atoms with Crippen molar-refractivity contribution in [3.05, 3.63) is 75.6 Å². The number of nitrogens with one attached hydrogen (secondary N) is 1. The zero-order chi connectivity index (χ0) is 22.9. The lowest BCUT2D eigenvalue weighted by Crippen LogP contribution is -2.30. The second kappa shape index (κ2) is 8.88. The van der Waals surface area contributed by atoms with Crippen LogP contribution in [0.1, 0.15) is 32.6 Å². The lowest BCUT2D eigenvalue weighted by molar-refractivity contribution is 0.559. The largest absolute Gasteiger partial charge is 0.310 e. The van der Waals surface area contributed by atoms with Crippen LogP contribution in [0.25, 0.3) is 16.7 Å². The van der Waals surface area contributed by atoms with Gasteiger partial charge in [0.25, 0.3) is 5.56 Å². The van der Waals surface area contributed by atoms with Gasteiger partial charge in [0.1, 0.15) is 21.7 Å². The molecule has 7 nitrogen and oxygen atoms in total. The topological polar surface area (TPSA) is 97.3 Å². The second-order valence-electron chi connectivity index (χ2n) is 7.61. The smallest absolute Gasteiger partial charge is 0.267 e. The number of pyridine rings is 2. The van der Waals surface area contributed by atoms with Crippen molar-refractivity contribution < 1.29 is 8.42 Å². The van der Waals surface area contributed by atoms with Gasteiger partial charge >= 0.3 is 0 Å². The molecule has 3 aromatic heterocycles. The fourth-order valence-electron chi connectivity index (χ4n) is 3.72. The Morgan fingerprint density at radius 1 is 1.06 bits per heavy atom. The van der Waals surface area contributed by atoms with E-state index in [2.05, 4.69) is 11.9 Å². The average molecular weight is 471 g/mol. The first-order valence-electron chi connectivity index (χ1n) is 10.4. The first-order chi connectivity index (χ1) is 15.3. The third kappa shape index (κ3) is 3.96. The van der Waals surface area contributed by atoms with Gasteiger partial charge in [0.05, 0.1) is 10.3 Å². The lowest BCUT2D eigenvalue weighted by Gasteiger charge is -2.15. The maximum atomic E-state index is 13.4. The Balaban J connectivity index is 2.01. The van der Waals surface area contributed by atoms with Crippen molar-refractivity contribution in [2.75, 3.05) is 0 Å². The molecule has 0 aliphatic carbocycles. The Morgan fingerprint density at radius 2 is 1.81 bits per heavy atom. The lowest BCUT2D eigenvalue weighted by atomic mass is 10.2. The molecule has 0 aliphatic rings. The summed E-state index contributed by atoms with van der Waals surface area (Å²) in [6.45, 7) is 2.50. The molecule has 3 heterocycles. The minimum absolute atomic E-state index is 0.0149. The number of hydrogen-bond donors (Lipinski definition) is 1. The standard InChI is InChI=1S/C23H23ClN4O3S/c1-2-3-4-6-14-28-21(25)19(32(30,31)17-11-9-16(24)10-12-17)15-18-22(28)26-20-8-5-7-13-27(20)23(18)29/h5,7-13,15,25H,2-4,6,14H2,1H3. The molecule has 0 unspecified atom stereocenters. The second-order valence-corrected chi connectivity index (χ2v) is 9.96. The van der Waals surface area contributed by atoms with E-state index in [9.17, 15) is 13.2 Å². The highest BCUT2D eigenvalue weighted by atomic mass is 35.5. The summed E-state index contributed by atoms with van der Waals surface area (Å²) in [5, 5.41) is 9.31. The summed E-state index contributed by atoms with van der Waals surface area (Å²) >= 11 is 5.91. The molecule has 166 valence electrons. The van der Waals surface area contributed by atoms with Crippen molar-refractivity contribution in [2.24, 2.45) is 0 Å². The molecule has 1 N–H and O–H groups in total. The molecule has 0 atom stereocenters. The molecular formula is C23H23ClN4O3S. The van der Waals surface area contributed by atoms with Crippen LogP contribution in [0.4, 0.5) is 0 Å². The number of aryl methyl sites for hydroxylation is 1. The predicted octanol–water partition coefficient (Wildman–Crippen LogP) is 4.20. The van der Waals surface area contributed by atoms with Crippen molar-refractivity contribution in [1.82, 2.24) is 14.0 Å². The van der Waals surface area contributed by atoms with Crippen molar-refractivity contribution in [3.8, 4) is 0 Å². The van der Waals surface area contributed by atoms with Crippen LogP contribution in [0.5, 0.6) is 0 Å². The molecule has 0 fully saturated rings. The number of halogens is 1. The van der Waals surface area contributed by atoms with E-state index in [0.717, 1.165) is 25.7 Å². The number of nitrogens with zero attached hydrogens (tertiary/aromatic N) is 3. The number of benzene rings is 1. The van der Waals surface area contributed by atoms with E-state index < -0.39 is 9.84 Å². The monoisotopic (exact) mass is 470 g/mol. The van der Waals surface area contributed by atoms with Gasteiger partial charge in [-0.2, -0.15) is 0 Å². The Morgan fingerprint density at radius 3 is 2.53 bits per heavy atom. The van der Waals surface area contributed by atoms with Gasteiger partial charge in [0, 0.05) is 17.8 Å². The van der Waals surface area contributed by atoms with E-state index in [1.54, 1.807) is 29.0 Å². The summed E-state index contributed by atoms with van der Waals surface area (Å²) in [4.78, 5) is 17.6. The first-order valence-corrected chi connectivity index (χ1v) is 12.3. The summed E-state index contributed by atoms with van der Waals surface area (Å²) in [7, 11) is -4.05. The van der Waals surface area contributed by atoms with Crippen LogP contribution in [-0.4, -0.2) is 22.4 Å². The first kappa shape index (κ1) is 22.2. The fourth-order valence-corrected chi connectivity index (χ4v) is 5.23. The summed E-state index contributed by atoms with van der Waals surface area (Å²) < 4.78 is 29.7. The molecule has 9 heteroatoms. The van der Waals surface area contributed by atoms with Crippen molar-refractivity contribution >= 4 is 38.1 Å². The highest BCUT2D eigenvalue weighted by Gasteiger charge is 2.24. The van der Waals surface area contributed by atoms with Gasteiger partial charge in [-0.05, 0) is 48.9 Å². The maximum Gasteiger partial charge on any atom is 0.267 e. The molecule has 0 saturated carbocycles. The molecule has 1 aromatic carbocycles. The summed E-state index contributed by atoms with van der Waals surface area (Å²) in [5.74, 6) is 0. The summed E-state index contributed by atoms with van der Waals surface area (Å²) in [6.07, 6.45) is 5.37. The van der Waals surface area contributed by atoms with Crippen LogP contribution < -0.4 is 11.0 Å². The zero-order valence-electron chi connectivity index (χ0n) is 17.6. The van der Waals surface area contributed by atoms with E-state index in [4.69, 9.17) is 17.0 Å². The summed E-state index contributed by atoms with van der Waals surface area (Å²) in [5.41, 5.74) is 0.203. The number of hydrogen-bond acceptors (Lipinski definition) is 5. The van der Waals surface area contributed by atoms with E-state index >= 15 is 0 Å². The quantitative estimate of drug-likeness (QED) is 0.323. The molecule has 0 saturated heterocycles. The molecular weight excluding hydrogens is 448 g/mol. The van der Waals surface area contributed by atoms with E-state index in [1.807, 2.05) is 0 Å². The highest BCUT2D eigenvalue weighted by Crippen LogP contribution is 2.22. The van der Waals surface area contributed by atoms with Crippen LogP contribution in [0, 0.1) is 5.41 Å². The van der Waals surface area contributed by atoms with Crippen molar-refractivity contribution in [2.45, 2.75) is 48.9 Å². The van der Waals surface area contributed by atoms with Crippen LogP contribution in [-0.2, 0) is 16.4 Å². The predicted molar refractivity (Wildman–Crippen MR) is 124 cm³/mol. The fraction of sp³-hybridized carbons (Fsp3) is 0.261. The Labute approximate surface area is 190 Å².